The van der Waals surface area contributed by atoms with E-state index in [1.807, 2.05) is 0 Å². The van der Waals surface area contributed by atoms with Crippen LogP contribution in [0.4, 0.5) is 0 Å². The van der Waals surface area contributed by atoms with Crippen LogP contribution in [0.5, 0.6) is 0 Å². The highest BCUT2D eigenvalue weighted by Gasteiger charge is 2.21. The Morgan fingerprint density at radius 2 is 1.68 bits per heavy atom. The van der Waals surface area contributed by atoms with Crippen molar-refractivity contribution < 1.29 is 0 Å². The van der Waals surface area contributed by atoms with E-state index in [0.29, 0.717) is 6.04 Å². The molecule has 0 aliphatic carbocycles. The molecule has 0 radical (unpaired) electrons. The summed E-state index contributed by atoms with van der Waals surface area (Å²) in [7, 11) is 0. The Kier molecular flexibility index (Phi) is 5.87. The van der Waals surface area contributed by atoms with E-state index in [9.17, 15) is 0 Å². The second-order valence-electron chi connectivity index (χ2n) is 6.08. The summed E-state index contributed by atoms with van der Waals surface area (Å²) < 4.78 is 0. The second-order valence-corrected chi connectivity index (χ2v) is 6.08. The Hall–Kier alpha value is -0.860. The number of benzene rings is 1. The molecule has 1 saturated heterocycles. The molecule has 2 nitrogen and oxygen atoms in total. The maximum absolute atomic E-state index is 3.64. The lowest BCUT2D eigenvalue weighted by atomic mass is 10.0. The van der Waals surface area contributed by atoms with E-state index in [0.717, 1.165) is 19.0 Å². The van der Waals surface area contributed by atoms with Gasteiger partial charge in [0.1, 0.15) is 0 Å². The van der Waals surface area contributed by atoms with Gasteiger partial charge in [-0.3, -0.25) is 4.90 Å². The van der Waals surface area contributed by atoms with Gasteiger partial charge in [-0.1, -0.05) is 50.6 Å². The van der Waals surface area contributed by atoms with Crippen molar-refractivity contribution >= 4 is 0 Å². The molecule has 0 saturated carbocycles. The van der Waals surface area contributed by atoms with Crippen molar-refractivity contribution in [3.8, 4) is 0 Å². The first kappa shape index (κ1) is 14.5. The third kappa shape index (κ3) is 4.63. The minimum atomic E-state index is 0.542. The van der Waals surface area contributed by atoms with E-state index in [2.05, 4.69) is 54.4 Å². The van der Waals surface area contributed by atoms with Gasteiger partial charge in [0.25, 0.3) is 0 Å². The molecule has 0 bridgehead atoms. The van der Waals surface area contributed by atoms with Crippen LogP contribution >= 0.6 is 0 Å². The topological polar surface area (TPSA) is 15.3 Å². The van der Waals surface area contributed by atoms with Crippen molar-refractivity contribution in [3.63, 3.8) is 0 Å². The molecule has 1 aliphatic heterocycles. The van der Waals surface area contributed by atoms with Gasteiger partial charge in [-0.2, -0.15) is 0 Å². The van der Waals surface area contributed by atoms with Crippen molar-refractivity contribution in [2.75, 3.05) is 26.2 Å². The molecule has 0 spiro atoms. The molecule has 2 heteroatoms. The normalized spacial score (nSPS) is 18.7. The maximum atomic E-state index is 3.64. The Labute approximate surface area is 118 Å². The fraction of sp³-hybridized carbons (Fsp3) is 0.647. The molecule has 106 valence electrons. The van der Waals surface area contributed by atoms with Gasteiger partial charge in [0.05, 0.1) is 0 Å². The van der Waals surface area contributed by atoms with Crippen LogP contribution < -0.4 is 5.32 Å². The van der Waals surface area contributed by atoms with Gasteiger partial charge in [-0.05, 0) is 44.0 Å². The van der Waals surface area contributed by atoms with Crippen molar-refractivity contribution in [2.45, 2.75) is 39.2 Å². The third-order valence-electron chi connectivity index (χ3n) is 3.91. The van der Waals surface area contributed by atoms with Crippen LogP contribution in [0.1, 0.15) is 44.7 Å². The highest BCUT2D eigenvalue weighted by Crippen LogP contribution is 2.23. The molecule has 1 aromatic carbocycles. The van der Waals surface area contributed by atoms with Crippen LogP contribution in [0, 0.1) is 5.92 Å². The van der Waals surface area contributed by atoms with E-state index in [1.165, 1.54) is 37.9 Å². The summed E-state index contributed by atoms with van der Waals surface area (Å²) in [5.41, 5.74) is 1.46. The van der Waals surface area contributed by atoms with Crippen molar-refractivity contribution in [2.24, 2.45) is 5.92 Å². The number of piperidine rings is 1. The van der Waals surface area contributed by atoms with Crippen LogP contribution in [0.15, 0.2) is 30.3 Å². The highest BCUT2D eigenvalue weighted by atomic mass is 15.2. The molecule has 1 heterocycles. The number of likely N-dealkylation sites (tertiary alicyclic amines) is 1. The Morgan fingerprint density at radius 1 is 1.00 bits per heavy atom. The second kappa shape index (κ2) is 7.66. The number of nitrogens with one attached hydrogen (secondary N) is 1. The molecule has 1 aromatic rings. The summed E-state index contributed by atoms with van der Waals surface area (Å²) in [5.74, 6) is 0.720. The average molecular weight is 260 g/mol. The van der Waals surface area contributed by atoms with Crippen LogP contribution in [-0.2, 0) is 0 Å². The summed E-state index contributed by atoms with van der Waals surface area (Å²) >= 11 is 0. The van der Waals surface area contributed by atoms with Gasteiger partial charge in [-0.15, -0.1) is 0 Å². The molecule has 1 atom stereocenters. The molecule has 1 unspecified atom stereocenters. The predicted octanol–water partition coefficient (Wildman–Crippen LogP) is 3.46. The Balaban J connectivity index is 2.00. The van der Waals surface area contributed by atoms with E-state index < -0.39 is 0 Å². The molecule has 2 rings (SSSR count). The zero-order chi connectivity index (χ0) is 13.5. The van der Waals surface area contributed by atoms with Crippen molar-refractivity contribution in [1.82, 2.24) is 10.2 Å². The SMILES string of the molecule is CC(C)CNCC(c1ccccc1)N1CCCCC1. The summed E-state index contributed by atoms with van der Waals surface area (Å²) in [5, 5.41) is 3.64. The minimum absolute atomic E-state index is 0.542. The summed E-state index contributed by atoms with van der Waals surface area (Å²) in [6, 6.07) is 11.5. The molecule has 1 fully saturated rings. The molecule has 0 amide bonds. The quantitative estimate of drug-likeness (QED) is 0.842. The van der Waals surface area contributed by atoms with Crippen LogP contribution in [0.25, 0.3) is 0 Å². The predicted molar refractivity (Wildman–Crippen MR) is 82.3 cm³/mol. The molecule has 19 heavy (non-hydrogen) atoms. The lowest BCUT2D eigenvalue weighted by molar-refractivity contribution is 0.159. The number of nitrogens with zero attached hydrogens (tertiary/aromatic N) is 1. The van der Waals surface area contributed by atoms with E-state index in [1.54, 1.807) is 0 Å². The fourth-order valence-electron chi connectivity index (χ4n) is 2.87. The fourth-order valence-corrected chi connectivity index (χ4v) is 2.87. The number of rotatable bonds is 6. The van der Waals surface area contributed by atoms with E-state index in [-0.39, 0.29) is 0 Å². The lowest BCUT2D eigenvalue weighted by Crippen LogP contribution is -2.39. The number of hydrogen-bond donors (Lipinski definition) is 1. The first-order valence-corrected chi connectivity index (χ1v) is 7.77. The van der Waals surface area contributed by atoms with Crippen LogP contribution in [-0.4, -0.2) is 31.1 Å². The van der Waals surface area contributed by atoms with E-state index in [4.69, 9.17) is 0 Å². The minimum Gasteiger partial charge on any atom is -0.315 e. The molecular formula is C17H28N2. The monoisotopic (exact) mass is 260 g/mol. The lowest BCUT2D eigenvalue weighted by Gasteiger charge is -2.35. The zero-order valence-electron chi connectivity index (χ0n) is 12.4. The highest BCUT2D eigenvalue weighted by molar-refractivity contribution is 5.19. The molecule has 1 N–H and O–H groups in total. The van der Waals surface area contributed by atoms with Crippen molar-refractivity contribution in [3.05, 3.63) is 35.9 Å². The molecule has 0 aromatic heterocycles. The van der Waals surface area contributed by atoms with Gasteiger partial charge in [-0.25, -0.2) is 0 Å². The smallest absolute Gasteiger partial charge is 0.0472 e. The molecule has 1 aliphatic rings. The van der Waals surface area contributed by atoms with Gasteiger partial charge < -0.3 is 5.32 Å². The average Bonchev–Trinajstić information content (AvgIpc) is 2.45. The first-order valence-electron chi connectivity index (χ1n) is 7.77. The Bertz CT molecular complexity index is 342. The van der Waals surface area contributed by atoms with Gasteiger partial charge in [0, 0.05) is 12.6 Å². The third-order valence-corrected chi connectivity index (χ3v) is 3.91. The Morgan fingerprint density at radius 3 is 2.32 bits per heavy atom. The molecular weight excluding hydrogens is 232 g/mol. The largest absolute Gasteiger partial charge is 0.315 e. The van der Waals surface area contributed by atoms with Gasteiger partial charge >= 0.3 is 0 Å². The standard InChI is InChI=1S/C17H28N2/c1-15(2)13-18-14-17(16-9-5-3-6-10-16)19-11-7-4-8-12-19/h3,5-6,9-10,15,17-18H,4,7-8,11-14H2,1-2H3. The van der Waals surface area contributed by atoms with Crippen molar-refractivity contribution in [1.29, 1.82) is 0 Å². The zero-order valence-corrected chi connectivity index (χ0v) is 12.4. The summed E-state index contributed by atoms with van der Waals surface area (Å²) in [4.78, 5) is 2.66. The maximum Gasteiger partial charge on any atom is 0.0472 e. The van der Waals surface area contributed by atoms with E-state index >= 15 is 0 Å². The van der Waals surface area contributed by atoms with Crippen LogP contribution in [0.2, 0.25) is 0 Å². The van der Waals surface area contributed by atoms with Gasteiger partial charge in [0.2, 0.25) is 0 Å². The van der Waals surface area contributed by atoms with Crippen LogP contribution in [0.3, 0.4) is 0 Å². The first-order chi connectivity index (χ1) is 9.27. The summed E-state index contributed by atoms with van der Waals surface area (Å²) in [6.07, 6.45) is 4.11. The number of hydrogen-bond acceptors (Lipinski definition) is 2. The summed E-state index contributed by atoms with van der Waals surface area (Å²) in [6.45, 7) is 9.22. The van der Waals surface area contributed by atoms with Gasteiger partial charge in [0.15, 0.2) is 0 Å².